The first-order chi connectivity index (χ1) is 8.38. The van der Waals surface area contributed by atoms with E-state index in [1.54, 1.807) is 0 Å². The van der Waals surface area contributed by atoms with Crippen molar-refractivity contribution in [2.75, 3.05) is 0 Å². The summed E-state index contributed by atoms with van der Waals surface area (Å²) in [6, 6.07) is 0. The van der Waals surface area contributed by atoms with Crippen molar-refractivity contribution in [3.63, 3.8) is 0 Å². The van der Waals surface area contributed by atoms with E-state index in [1.807, 2.05) is 0 Å². The standard InChI is InChI=1S/C16H30N2/c1-8-9-12(6)16-17-14(11(4)5)15(18-16)13(7)10(2)3/h10-13H,8-9H2,1-7H3,(H,17,18). The lowest BCUT2D eigenvalue weighted by Gasteiger charge is -2.16. The van der Waals surface area contributed by atoms with E-state index >= 15 is 0 Å². The molecule has 0 aliphatic carbocycles. The summed E-state index contributed by atoms with van der Waals surface area (Å²) >= 11 is 0. The van der Waals surface area contributed by atoms with E-state index in [0.717, 1.165) is 0 Å². The SMILES string of the molecule is CCCC(C)c1nc(C(C)C)c(C(C)C(C)C)[nH]1. The van der Waals surface area contributed by atoms with Crippen LogP contribution in [0.15, 0.2) is 0 Å². The Labute approximate surface area is 113 Å². The number of H-pyrrole nitrogens is 1. The minimum atomic E-state index is 0.500. The molecule has 0 saturated carbocycles. The molecule has 0 aliphatic rings. The van der Waals surface area contributed by atoms with E-state index in [1.165, 1.54) is 30.1 Å². The van der Waals surface area contributed by atoms with E-state index < -0.39 is 0 Å². The van der Waals surface area contributed by atoms with Crippen molar-refractivity contribution in [2.24, 2.45) is 5.92 Å². The summed E-state index contributed by atoms with van der Waals surface area (Å²) < 4.78 is 0. The van der Waals surface area contributed by atoms with Crippen LogP contribution in [0.2, 0.25) is 0 Å². The van der Waals surface area contributed by atoms with Gasteiger partial charge in [-0.05, 0) is 18.3 Å². The first-order valence-electron chi connectivity index (χ1n) is 7.48. The van der Waals surface area contributed by atoms with Gasteiger partial charge in [0.25, 0.3) is 0 Å². The highest BCUT2D eigenvalue weighted by atomic mass is 15.0. The van der Waals surface area contributed by atoms with Crippen LogP contribution < -0.4 is 0 Å². The second kappa shape index (κ2) is 6.40. The highest BCUT2D eigenvalue weighted by Gasteiger charge is 2.22. The molecule has 0 spiro atoms. The van der Waals surface area contributed by atoms with Crippen molar-refractivity contribution < 1.29 is 0 Å². The highest BCUT2D eigenvalue weighted by molar-refractivity contribution is 5.23. The van der Waals surface area contributed by atoms with Gasteiger partial charge in [-0.15, -0.1) is 0 Å². The van der Waals surface area contributed by atoms with Crippen LogP contribution in [0.25, 0.3) is 0 Å². The fourth-order valence-corrected chi connectivity index (χ4v) is 2.34. The minimum Gasteiger partial charge on any atom is -0.345 e. The van der Waals surface area contributed by atoms with Crippen LogP contribution in [-0.4, -0.2) is 9.97 Å². The molecular formula is C16H30N2. The van der Waals surface area contributed by atoms with Crippen molar-refractivity contribution >= 4 is 0 Å². The molecule has 0 saturated heterocycles. The van der Waals surface area contributed by atoms with Crippen molar-refractivity contribution in [3.8, 4) is 0 Å². The molecule has 1 rings (SSSR count). The molecule has 0 amide bonds. The predicted octanol–water partition coefficient (Wildman–Crippen LogP) is 5.20. The lowest BCUT2D eigenvalue weighted by Crippen LogP contribution is -2.06. The smallest absolute Gasteiger partial charge is 0.109 e. The molecule has 0 aliphatic heterocycles. The topological polar surface area (TPSA) is 28.7 Å². The molecule has 104 valence electrons. The molecule has 1 aromatic heterocycles. The van der Waals surface area contributed by atoms with Gasteiger partial charge in [0, 0.05) is 17.5 Å². The summed E-state index contributed by atoms with van der Waals surface area (Å²) in [5, 5.41) is 0. The molecule has 0 aromatic carbocycles. The van der Waals surface area contributed by atoms with Crippen LogP contribution in [0.3, 0.4) is 0 Å². The van der Waals surface area contributed by atoms with Crippen molar-refractivity contribution in [2.45, 2.75) is 79.1 Å². The maximum absolute atomic E-state index is 4.88. The third-order valence-electron chi connectivity index (χ3n) is 3.97. The Hall–Kier alpha value is -0.790. The maximum Gasteiger partial charge on any atom is 0.109 e. The molecule has 0 radical (unpaired) electrons. The Morgan fingerprint density at radius 1 is 1.06 bits per heavy atom. The summed E-state index contributed by atoms with van der Waals surface area (Å²) in [4.78, 5) is 8.49. The summed E-state index contributed by atoms with van der Waals surface area (Å²) in [6.07, 6.45) is 2.43. The van der Waals surface area contributed by atoms with Gasteiger partial charge < -0.3 is 4.98 Å². The van der Waals surface area contributed by atoms with E-state index in [2.05, 4.69) is 53.5 Å². The average Bonchev–Trinajstić information content (AvgIpc) is 2.72. The van der Waals surface area contributed by atoms with Gasteiger partial charge >= 0.3 is 0 Å². The molecule has 1 N–H and O–H groups in total. The molecule has 1 aromatic rings. The van der Waals surface area contributed by atoms with E-state index in [9.17, 15) is 0 Å². The molecule has 2 atom stereocenters. The summed E-state index contributed by atoms with van der Waals surface area (Å²) in [5.74, 6) is 3.43. The van der Waals surface area contributed by atoms with Crippen LogP contribution in [0.5, 0.6) is 0 Å². The number of nitrogens with zero attached hydrogens (tertiary/aromatic N) is 1. The molecule has 2 heteroatoms. The lowest BCUT2D eigenvalue weighted by molar-refractivity contribution is 0.517. The van der Waals surface area contributed by atoms with Gasteiger partial charge in [-0.2, -0.15) is 0 Å². The number of aromatic nitrogens is 2. The normalized spacial score (nSPS) is 15.4. The van der Waals surface area contributed by atoms with Gasteiger partial charge in [0.15, 0.2) is 0 Å². The molecule has 1 heterocycles. The van der Waals surface area contributed by atoms with Crippen LogP contribution >= 0.6 is 0 Å². The third-order valence-corrected chi connectivity index (χ3v) is 3.97. The van der Waals surface area contributed by atoms with Gasteiger partial charge in [-0.1, -0.05) is 54.9 Å². The first-order valence-corrected chi connectivity index (χ1v) is 7.48. The van der Waals surface area contributed by atoms with Gasteiger partial charge in [-0.25, -0.2) is 4.98 Å². The second-order valence-electron chi connectivity index (χ2n) is 6.30. The Kier molecular flexibility index (Phi) is 5.43. The molecule has 0 fully saturated rings. The Morgan fingerprint density at radius 2 is 1.67 bits per heavy atom. The first kappa shape index (κ1) is 15.3. The summed E-state index contributed by atoms with van der Waals surface area (Å²) in [5.41, 5.74) is 2.63. The van der Waals surface area contributed by atoms with Crippen LogP contribution in [0, 0.1) is 5.92 Å². The molecule has 2 nitrogen and oxygen atoms in total. The Morgan fingerprint density at radius 3 is 2.11 bits per heavy atom. The van der Waals surface area contributed by atoms with Crippen molar-refractivity contribution in [1.82, 2.24) is 9.97 Å². The van der Waals surface area contributed by atoms with Gasteiger partial charge in [0.1, 0.15) is 5.82 Å². The molecular weight excluding hydrogens is 220 g/mol. The fraction of sp³-hybridized carbons (Fsp3) is 0.812. The number of rotatable bonds is 6. The average molecular weight is 250 g/mol. The molecule has 18 heavy (non-hydrogen) atoms. The van der Waals surface area contributed by atoms with E-state index in [-0.39, 0.29) is 0 Å². The number of imidazole rings is 1. The lowest BCUT2D eigenvalue weighted by atomic mass is 9.91. The Bertz CT molecular complexity index is 363. The summed E-state index contributed by atoms with van der Waals surface area (Å²) in [7, 11) is 0. The van der Waals surface area contributed by atoms with Gasteiger partial charge in [0.05, 0.1) is 5.69 Å². The number of hydrogen-bond donors (Lipinski definition) is 1. The second-order valence-corrected chi connectivity index (χ2v) is 6.30. The molecule has 0 bridgehead atoms. The zero-order valence-electron chi connectivity index (χ0n) is 13.2. The minimum absolute atomic E-state index is 0.500. The monoisotopic (exact) mass is 250 g/mol. The van der Waals surface area contributed by atoms with Crippen molar-refractivity contribution in [3.05, 3.63) is 17.2 Å². The zero-order chi connectivity index (χ0) is 13.9. The highest BCUT2D eigenvalue weighted by Crippen LogP contribution is 2.31. The zero-order valence-corrected chi connectivity index (χ0v) is 13.2. The van der Waals surface area contributed by atoms with Crippen molar-refractivity contribution in [1.29, 1.82) is 0 Å². The Balaban J connectivity index is 3.08. The summed E-state index contributed by atoms with van der Waals surface area (Å²) in [6.45, 7) is 15.9. The predicted molar refractivity (Wildman–Crippen MR) is 79.3 cm³/mol. The number of hydrogen-bond acceptors (Lipinski definition) is 1. The van der Waals surface area contributed by atoms with Crippen LogP contribution in [0.1, 0.15) is 96.3 Å². The van der Waals surface area contributed by atoms with Crippen LogP contribution in [0.4, 0.5) is 0 Å². The van der Waals surface area contributed by atoms with E-state index in [0.29, 0.717) is 23.7 Å². The fourth-order valence-electron chi connectivity index (χ4n) is 2.34. The van der Waals surface area contributed by atoms with Crippen LogP contribution in [-0.2, 0) is 0 Å². The third kappa shape index (κ3) is 3.37. The van der Waals surface area contributed by atoms with Gasteiger partial charge in [0.2, 0.25) is 0 Å². The number of aromatic amines is 1. The van der Waals surface area contributed by atoms with Gasteiger partial charge in [-0.3, -0.25) is 0 Å². The molecule has 2 unspecified atom stereocenters. The largest absolute Gasteiger partial charge is 0.345 e. The maximum atomic E-state index is 4.88. The quantitative estimate of drug-likeness (QED) is 0.739. The number of nitrogens with one attached hydrogen (secondary N) is 1. The van der Waals surface area contributed by atoms with E-state index in [4.69, 9.17) is 4.98 Å².